The molecule has 3 heteroatoms. The molecule has 1 N–H and O–H groups in total. The van der Waals surface area contributed by atoms with Crippen LogP contribution in [-0.2, 0) is 0 Å². The third-order valence-corrected chi connectivity index (χ3v) is 1.34. The summed E-state index contributed by atoms with van der Waals surface area (Å²) < 4.78 is 5.07. The van der Waals surface area contributed by atoms with Gasteiger partial charge in [-0.05, 0) is 18.2 Å². The summed E-state index contributed by atoms with van der Waals surface area (Å²) in [5.41, 5.74) is 0. The molecule has 0 bridgehead atoms. The van der Waals surface area contributed by atoms with Gasteiger partial charge in [-0.2, -0.15) is 0 Å². The highest BCUT2D eigenvalue weighted by atomic mass is 35.5. The molecule has 59 valence electrons. The van der Waals surface area contributed by atoms with Crippen molar-refractivity contribution in [2.24, 2.45) is 0 Å². The molecule has 0 spiro atoms. The highest BCUT2D eigenvalue weighted by Gasteiger charge is 1.91. The fraction of sp³-hybridized carbons (Fsp3) is 0.250. The van der Waals surface area contributed by atoms with Crippen LogP contribution in [0.4, 0.5) is 0 Å². The Bertz CT molecular complexity index is 208. The zero-order valence-electron chi connectivity index (χ0n) is 5.88. The second-order valence-corrected chi connectivity index (χ2v) is 2.35. The summed E-state index contributed by atoms with van der Waals surface area (Å²) in [7, 11) is 0. The average Bonchev–Trinajstić information content (AvgIpc) is 2.04. The third kappa shape index (κ3) is 2.78. The summed E-state index contributed by atoms with van der Waals surface area (Å²) >= 11 is 5.59. The van der Waals surface area contributed by atoms with Gasteiger partial charge in [0.25, 0.3) is 0 Å². The number of rotatable bonds is 3. The van der Waals surface area contributed by atoms with Crippen LogP contribution in [0.15, 0.2) is 18.2 Å². The van der Waals surface area contributed by atoms with E-state index in [9.17, 15) is 0 Å². The van der Waals surface area contributed by atoms with Gasteiger partial charge in [-0.1, -0.05) is 11.6 Å². The first-order valence-electron chi connectivity index (χ1n) is 3.24. The maximum Gasteiger partial charge on any atom is 0.120 e. The lowest BCUT2D eigenvalue weighted by molar-refractivity contribution is 0.201. The zero-order valence-corrected chi connectivity index (χ0v) is 6.64. The Morgan fingerprint density at radius 2 is 2.36 bits per heavy atom. The predicted molar refractivity (Wildman–Crippen MR) is 42.9 cm³/mol. The molecule has 0 aliphatic heterocycles. The fourth-order valence-electron chi connectivity index (χ4n) is 0.645. The SMILES string of the molecule is OCCOc1c[c]c(Cl)cc1. The number of halogens is 1. The highest BCUT2D eigenvalue weighted by Crippen LogP contribution is 2.14. The summed E-state index contributed by atoms with van der Waals surface area (Å²) in [5.74, 6) is 0.670. The Labute approximate surface area is 70.4 Å². The highest BCUT2D eigenvalue weighted by molar-refractivity contribution is 6.30. The van der Waals surface area contributed by atoms with Gasteiger partial charge in [-0.3, -0.25) is 0 Å². The molecule has 0 heterocycles. The fourth-order valence-corrected chi connectivity index (χ4v) is 0.762. The van der Waals surface area contributed by atoms with Crippen molar-refractivity contribution in [2.45, 2.75) is 0 Å². The van der Waals surface area contributed by atoms with Crippen molar-refractivity contribution < 1.29 is 9.84 Å². The van der Waals surface area contributed by atoms with Gasteiger partial charge in [-0.25, -0.2) is 0 Å². The number of hydrogen-bond acceptors (Lipinski definition) is 2. The molecule has 1 aromatic carbocycles. The van der Waals surface area contributed by atoms with E-state index in [2.05, 4.69) is 6.07 Å². The van der Waals surface area contributed by atoms with Gasteiger partial charge in [-0.15, -0.1) is 0 Å². The van der Waals surface area contributed by atoms with Gasteiger partial charge in [0.05, 0.1) is 6.61 Å². The Kier molecular flexibility index (Phi) is 3.20. The molecule has 0 amide bonds. The van der Waals surface area contributed by atoms with Crippen molar-refractivity contribution in [2.75, 3.05) is 13.2 Å². The lowest BCUT2D eigenvalue weighted by atomic mass is 10.3. The van der Waals surface area contributed by atoms with Gasteiger partial charge >= 0.3 is 0 Å². The maximum atomic E-state index is 8.42. The average molecular weight is 172 g/mol. The Morgan fingerprint density at radius 1 is 1.55 bits per heavy atom. The van der Waals surface area contributed by atoms with E-state index < -0.39 is 0 Å². The van der Waals surface area contributed by atoms with Crippen molar-refractivity contribution >= 4 is 11.6 Å². The van der Waals surface area contributed by atoms with Crippen LogP contribution < -0.4 is 4.74 Å². The minimum Gasteiger partial charge on any atom is -0.491 e. The molecule has 0 atom stereocenters. The first kappa shape index (κ1) is 8.37. The van der Waals surface area contributed by atoms with Gasteiger partial charge in [0.2, 0.25) is 0 Å². The van der Waals surface area contributed by atoms with Gasteiger partial charge in [0, 0.05) is 11.1 Å². The lowest BCUT2D eigenvalue weighted by Crippen LogP contribution is -2.00. The number of aliphatic hydroxyl groups is 1. The quantitative estimate of drug-likeness (QED) is 0.747. The first-order valence-corrected chi connectivity index (χ1v) is 3.61. The molecule has 1 radical (unpaired) electrons. The van der Waals surface area contributed by atoms with Crippen LogP contribution in [0.3, 0.4) is 0 Å². The molecular weight excluding hydrogens is 164 g/mol. The summed E-state index contributed by atoms with van der Waals surface area (Å²) in [6.07, 6.45) is 0. The van der Waals surface area contributed by atoms with Gasteiger partial charge in [0.1, 0.15) is 12.4 Å². The molecule has 0 aromatic heterocycles. The molecule has 0 fully saturated rings. The predicted octanol–water partition coefficient (Wildman–Crippen LogP) is 1.51. The topological polar surface area (TPSA) is 29.5 Å². The number of benzene rings is 1. The molecule has 1 aromatic rings. The normalized spacial score (nSPS) is 9.64. The van der Waals surface area contributed by atoms with E-state index in [4.69, 9.17) is 21.4 Å². The van der Waals surface area contributed by atoms with Gasteiger partial charge < -0.3 is 9.84 Å². The second kappa shape index (κ2) is 4.21. The van der Waals surface area contributed by atoms with E-state index in [-0.39, 0.29) is 6.61 Å². The summed E-state index contributed by atoms with van der Waals surface area (Å²) in [5, 5.41) is 8.98. The largest absolute Gasteiger partial charge is 0.491 e. The van der Waals surface area contributed by atoms with Crippen molar-refractivity contribution in [3.63, 3.8) is 0 Å². The summed E-state index contributed by atoms with van der Waals surface area (Å²) in [4.78, 5) is 0. The molecule has 0 unspecified atom stereocenters. The van der Waals surface area contributed by atoms with Crippen molar-refractivity contribution in [3.05, 3.63) is 29.3 Å². The van der Waals surface area contributed by atoms with Gasteiger partial charge in [0.15, 0.2) is 0 Å². The minimum absolute atomic E-state index is 0.0165. The van der Waals surface area contributed by atoms with E-state index >= 15 is 0 Å². The zero-order chi connectivity index (χ0) is 8.10. The molecular formula is C8H8ClO2. The molecule has 0 aliphatic carbocycles. The van der Waals surface area contributed by atoms with Crippen LogP contribution >= 0.6 is 11.6 Å². The van der Waals surface area contributed by atoms with Crippen LogP contribution in [0.5, 0.6) is 5.75 Å². The van der Waals surface area contributed by atoms with E-state index in [1.165, 1.54) is 0 Å². The van der Waals surface area contributed by atoms with E-state index in [0.29, 0.717) is 17.4 Å². The molecule has 11 heavy (non-hydrogen) atoms. The van der Waals surface area contributed by atoms with Crippen molar-refractivity contribution in [3.8, 4) is 5.75 Å². The van der Waals surface area contributed by atoms with E-state index in [1.54, 1.807) is 18.2 Å². The summed E-state index contributed by atoms with van der Waals surface area (Å²) in [6.45, 7) is 0.318. The van der Waals surface area contributed by atoms with E-state index in [0.717, 1.165) is 0 Å². The first-order chi connectivity index (χ1) is 5.33. The molecule has 1 rings (SSSR count). The Hall–Kier alpha value is -0.730. The molecule has 0 aliphatic rings. The van der Waals surface area contributed by atoms with Crippen LogP contribution in [0, 0.1) is 6.07 Å². The van der Waals surface area contributed by atoms with Crippen molar-refractivity contribution in [1.82, 2.24) is 0 Å². The van der Waals surface area contributed by atoms with Crippen LogP contribution in [-0.4, -0.2) is 18.3 Å². The van der Waals surface area contributed by atoms with Crippen molar-refractivity contribution in [1.29, 1.82) is 0 Å². The number of ether oxygens (including phenoxy) is 1. The number of aliphatic hydroxyl groups excluding tert-OH is 1. The molecule has 0 saturated heterocycles. The van der Waals surface area contributed by atoms with Crippen LogP contribution in [0.1, 0.15) is 0 Å². The van der Waals surface area contributed by atoms with Crippen LogP contribution in [0.25, 0.3) is 0 Å². The standard InChI is InChI=1S/C8H8ClO2/c9-7-1-3-8(4-2-7)11-6-5-10/h1,3-4,10H,5-6H2. The minimum atomic E-state index is 0.0165. The lowest BCUT2D eigenvalue weighted by Gasteiger charge is -2.02. The second-order valence-electron chi connectivity index (χ2n) is 1.94. The molecule has 0 saturated carbocycles. The Balaban J connectivity index is 2.52. The number of hydrogen-bond donors (Lipinski definition) is 1. The maximum absolute atomic E-state index is 8.42. The van der Waals surface area contributed by atoms with Crippen LogP contribution in [0.2, 0.25) is 5.02 Å². The molecule has 2 nitrogen and oxygen atoms in total. The summed E-state index contributed by atoms with van der Waals surface area (Å²) in [6, 6.07) is 7.82. The monoisotopic (exact) mass is 171 g/mol. The Morgan fingerprint density at radius 3 is 2.91 bits per heavy atom. The smallest absolute Gasteiger partial charge is 0.120 e. The van der Waals surface area contributed by atoms with E-state index in [1.807, 2.05) is 0 Å². The third-order valence-electron chi connectivity index (χ3n) is 1.11.